The quantitative estimate of drug-likeness (QED) is 0.655. The molecule has 2 aromatic rings. The van der Waals surface area contributed by atoms with Crippen molar-refractivity contribution in [1.82, 2.24) is 0 Å². The zero-order valence-corrected chi connectivity index (χ0v) is 18.0. The van der Waals surface area contributed by atoms with Crippen molar-refractivity contribution in [2.75, 3.05) is 23.9 Å². The number of rotatable bonds is 5. The first-order chi connectivity index (χ1) is 13.4. The Morgan fingerprint density at radius 1 is 1.11 bits per heavy atom. The van der Waals surface area contributed by atoms with Crippen LogP contribution in [0.3, 0.4) is 0 Å². The van der Waals surface area contributed by atoms with Crippen LogP contribution in [0.4, 0.5) is 11.4 Å². The maximum atomic E-state index is 13.3. The van der Waals surface area contributed by atoms with Crippen LogP contribution in [-0.2, 0) is 11.2 Å². The number of hydrogen-bond acceptors (Lipinski definition) is 4. The number of amidine groups is 1. The first-order valence-electron chi connectivity index (χ1n) is 9.57. The van der Waals surface area contributed by atoms with Crippen molar-refractivity contribution in [1.29, 1.82) is 0 Å². The molecule has 1 heterocycles. The van der Waals surface area contributed by atoms with E-state index < -0.39 is 0 Å². The van der Waals surface area contributed by atoms with Gasteiger partial charge in [-0.25, -0.2) is 0 Å². The molecule has 0 aliphatic carbocycles. The maximum absolute atomic E-state index is 13.3. The van der Waals surface area contributed by atoms with Crippen molar-refractivity contribution in [3.05, 3.63) is 64.6 Å². The van der Waals surface area contributed by atoms with E-state index in [1.165, 1.54) is 11.8 Å². The molecule has 0 atom stereocenters. The highest BCUT2D eigenvalue weighted by molar-refractivity contribution is 8.19. The first kappa shape index (κ1) is 20.2. The van der Waals surface area contributed by atoms with E-state index in [4.69, 9.17) is 4.99 Å². The van der Waals surface area contributed by atoms with Gasteiger partial charge in [-0.3, -0.25) is 14.7 Å². The number of amides is 1. The number of thioether (sulfide) groups is 1. The third-order valence-electron chi connectivity index (χ3n) is 4.50. The van der Waals surface area contributed by atoms with Crippen LogP contribution in [-0.4, -0.2) is 31.2 Å². The second-order valence-corrected chi connectivity index (χ2v) is 8.23. The first-order valence-corrected chi connectivity index (χ1v) is 10.4. The average molecular weight is 394 g/mol. The number of nitrogens with zero attached hydrogens (tertiary/aromatic N) is 3. The Labute approximate surface area is 172 Å². The molecule has 0 radical (unpaired) electrons. The van der Waals surface area contributed by atoms with Crippen LogP contribution in [0.25, 0.3) is 6.08 Å². The Hall–Kier alpha value is -2.53. The van der Waals surface area contributed by atoms with Crippen molar-refractivity contribution in [2.45, 2.75) is 33.2 Å². The zero-order valence-electron chi connectivity index (χ0n) is 17.1. The van der Waals surface area contributed by atoms with Crippen LogP contribution in [0.5, 0.6) is 0 Å². The van der Waals surface area contributed by atoms with E-state index >= 15 is 0 Å². The highest BCUT2D eigenvalue weighted by Gasteiger charge is 2.35. The molecule has 0 bridgehead atoms. The molecule has 0 saturated carbocycles. The summed E-state index contributed by atoms with van der Waals surface area (Å²) in [6, 6.07) is 16.4. The van der Waals surface area contributed by atoms with E-state index in [1.54, 1.807) is 4.90 Å². The van der Waals surface area contributed by atoms with Gasteiger partial charge in [0, 0.05) is 25.8 Å². The van der Waals surface area contributed by atoms with Crippen LogP contribution in [0.15, 0.2) is 58.4 Å². The van der Waals surface area contributed by atoms with Gasteiger partial charge in [-0.15, -0.1) is 0 Å². The minimum atomic E-state index is -0.0120. The Bertz CT molecular complexity index is 914. The molecule has 0 N–H and O–H groups in total. The number of para-hydroxylation sites is 1. The SMILES string of the molecule is CCc1ccccc1N1C(=O)C(=Cc2ccc(N(C)C)cc2)SC1=NC(C)C. The lowest BCUT2D eigenvalue weighted by Gasteiger charge is -2.19. The molecule has 1 aliphatic rings. The number of aliphatic imine (C=N–C) groups is 1. The van der Waals surface area contributed by atoms with E-state index in [9.17, 15) is 4.79 Å². The molecular weight excluding hydrogens is 366 g/mol. The van der Waals surface area contributed by atoms with Crippen LogP contribution < -0.4 is 9.80 Å². The Kier molecular flexibility index (Phi) is 6.25. The minimum absolute atomic E-state index is 0.0120. The summed E-state index contributed by atoms with van der Waals surface area (Å²) < 4.78 is 0. The van der Waals surface area contributed by atoms with Gasteiger partial charge in [-0.2, -0.15) is 0 Å². The van der Waals surface area contributed by atoms with Crippen molar-refractivity contribution < 1.29 is 4.79 Å². The molecule has 0 spiro atoms. The number of benzene rings is 2. The normalized spacial score (nSPS) is 17.2. The lowest BCUT2D eigenvalue weighted by atomic mass is 10.1. The number of carbonyl (C=O) groups excluding carboxylic acids is 1. The monoisotopic (exact) mass is 393 g/mol. The van der Waals surface area contributed by atoms with Crippen LogP contribution in [0, 0.1) is 0 Å². The fraction of sp³-hybridized carbons (Fsp3) is 0.304. The molecule has 0 aromatic heterocycles. The number of carbonyl (C=O) groups is 1. The molecule has 1 amide bonds. The largest absolute Gasteiger partial charge is 0.378 e. The fourth-order valence-corrected chi connectivity index (χ4v) is 4.15. The van der Waals surface area contributed by atoms with Crippen molar-refractivity contribution in [2.24, 2.45) is 4.99 Å². The molecule has 3 rings (SSSR count). The number of anilines is 2. The summed E-state index contributed by atoms with van der Waals surface area (Å²) in [5.41, 5.74) is 4.21. The molecule has 4 nitrogen and oxygen atoms in total. The second kappa shape index (κ2) is 8.65. The maximum Gasteiger partial charge on any atom is 0.271 e. The summed E-state index contributed by atoms with van der Waals surface area (Å²) in [6.07, 6.45) is 2.82. The molecule has 5 heteroatoms. The number of hydrogen-bond donors (Lipinski definition) is 0. The molecule has 1 aliphatic heterocycles. The van der Waals surface area contributed by atoms with Gasteiger partial charge in [0.15, 0.2) is 5.17 Å². The van der Waals surface area contributed by atoms with Gasteiger partial charge in [0.05, 0.1) is 10.6 Å². The van der Waals surface area contributed by atoms with Crippen LogP contribution in [0.2, 0.25) is 0 Å². The van der Waals surface area contributed by atoms with Gasteiger partial charge in [0.1, 0.15) is 0 Å². The summed E-state index contributed by atoms with van der Waals surface area (Å²) in [7, 11) is 4.03. The number of aryl methyl sites for hydroxylation is 1. The summed E-state index contributed by atoms with van der Waals surface area (Å²) in [5.74, 6) is -0.0120. The highest BCUT2D eigenvalue weighted by atomic mass is 32.2. The zero-order chi connectivity index (χ0) is 20.3. The van der Waals surface area contributed by atoms with Crippen molar-refractivity contribution in [3.8, 4) is 0 Å². The Morgan fingerprint density at radius 3 is 2.39 bits per heavy atom. The van der Waals surface area contributed by atoms with Gasteiger partial charge in [0.2, 0.25) is 0 Å². The summed E-state index contributed by atoms with van der Waals surface area (Å²) in [5, 5.41) is 0.747. The Morgan fingerprint density at radius 2 is 1.79 bits per heavy atom. The fourth-order valence-electron chi connectivity index (χ4n) is 3.04. The van der Waals surface area contributed by atoms with E-state index in [0.717, 1.165) is 34.1 Å². The van der Waals surface area contributed by atoms with E-state index in [1.807, 2.05) is 64.4 Å². The molecule has 28 heavy (non-hydrogen) atoms. The van der Waals surface area contributed by atoms with Crippen LogP contribution in [0.1, 0.15) is 31.9 Å². The smallest absolute Gasteiger partial charge is 0.271 e. The van der Waals surface area contributed by atoms with Gasteiger partial charge in [-0.1, -0.05) is 37.3 Å². The van der Waals surface area contributed by atoms with Gasteiger partial charge >= 0.3 is 0 Å². The molecular formula is C23H27N3OS. The molecule has 1 saturated heterocycles. The summed E-state index contributed by atoms with van der Waals surface area (Å²) >= 11 is 1.45. The highest BCUT2D eigenvalue weighted by Crippen LogP contribution is 2.38. The van der Waals surface area contributed by atoms with E-state index in [2.05, 4.69) is 30.0 Å². The second-order valence-electron chi connectivity index (χ2n) is 7.22. The van der Waals surface area contributed by atoms with Crippen molar-refractivity contribution >= 4 is 40.3 Å². The average Bonchev–Trinajstić information content (AvgIpc) is 2.96. The van der Waals surface area contributed by atoms with E-state index in [0.29, 0.717) is 4.91 Å². The lowest BCUT2D eigenvalue weighted by molar-refractivity contribution is -0.113. The predicted octanol–water partition coefficient (Wildman–Crippen LogP) is 5.20. The topological polar surface area (TPSA) is 35.9 Å². The molecule has 1 fully saturated rings. The Balaban J connectivity index is 2.00. The van der Waals surface area contributed by atoms with Gasteiger partial charge in [-0.05, 0) is 67.4 Å². The summed E-state index contributed by atoms with van der Waals surface area (Å²) in [4.78, 5) is 22.5. The molecule has 0 unspecified atom stereocenters. The predicted molar refractivity (Wildman–Crippen MR) is 122 cm³/mol. The van der Waals surface area contributed by atoms with Gasteiger partial charge < -0.3 is 4.90 Å². The third kappa shape index (κ3) is 4.30. The standard InChI is InChI=1S/C23H27N3OS/c1-6-18-9-7-8-10-20(18)26-22(27)21(28-23(26)24-16(2)3)15-17-11-13-19(14-12-17)25(4)5/h7-16H,6H2,1-5H3. The van der Waals surface area contributed by atoms with Crippen LogP contribution >= 0.6 is 11.8 Å². The third-order valence-corrected chi connectivity index (χ3v) is 5.48. The van der Waals surface area contributed by atoms with Gasteiger partial charge in [0.25, 0.3) is 5.91 Å². The molecule has 146 valence electrons. The lowest BCUT2D eigenvalue weighted by Crippen LogP contribution is -2.30. The van der Waals surface area contributed by atoms with Crippen molar-refractivity contribution in [3.63, 3.8) is 0 Å². The van der Waals surface area contributed by atoms with E-state index in [-0.39, 0.29) is 11.9 Å². The molecule has 2 aromatic carbocycles. The minimum Gasteiger partial charge on any atom is -0.378 e. The summed E-state index contributed by atoms with van der Waals surface area (Å²) in [6.45, 7) is 6.17.